The number of hydrogen-bond donors (Lipinski definition) is 1. The van der Waals surface area contributed by atoms with Crippen LogP contribution in [-0.4, -0.2) is 27.5 Å². The van der Waals surface area contributed by atoms with Crippen molar-refractivity contribution in [2.45, 2.75) is 19.6 Å². The molecule has 0 fully saturated rings. The summed E-state index contributed by atoms with van der Waals surface area (Å²) in [5.41, 5.74) is 7.73. The van der Waals surface area contributed by atoms with Crippen molar-refractivity contribution < 1.29 is 0 Å². The van der Waals surface area contributed by atoms with Gasteiger partial charge in [0, 0.05) is 37.6 Å². The van der Waals surface area contributed by atoms with Crippen LogP contribution in [0.2, 0.25) is 0 Å². The number of benzene rings is 1. The second-order valence-electron chi connectivity index (χ2n) is 4.95. The summed E-state index contributed by atoms with van der Waals surface area (Å²) in [6.07, 6.45) is 3.93. The molecule has 0 atom stereocenters. The van der Waals surface area contributed by atoms with Crippen LogP contribution in [0.25, 0.3) is 0 Å². The number of fused-ring (bicyclic) bond motifs is 1. The van der Waals surface area contributed by atoms with E-state index >= 15 is 0 Å². The van der Waals surface area contributed by atoms with Crippen LogP contribution in [0.15, 0.2) is 36.7 Å². The van der Waals surface area contributed by atoms with Gasteiger partial charge in [-0.3, -0.25) is 4.90 Å². The Labute approximate surface area is 119 Å². The summed E-state index contributed by atoms with van der Waals surface area (Å²) in [6.45, 7) is 4.32. The highest BCUT2D eigenvalue weighted by atomic mass is 15.2. The normalized spacial score (nSPS) is 14.4. The third-order valence-electron chi connectivity index (χ3n) is 3.49. The van der Waals surface area contributed by atoms with E-state index in [2.05, 4.69) is 50.7 Å². The van der Waals surface area contributed by atoms with Crippen molar-refractivity contribution in [3.63, 3.8) is 0 Å². The molecule has 2 N–H and O–H groups in total. The largest absolute Gasteiger partial charge is 0.333 e. The zero-order valence-electron chi connectivity index (χ0n) is 11.4. The Kier molecular flexibility index (Phi) is 3.82. The first-order chi connectivity index (χ1) is 9.85. The molecule has 2 heterocycles. The van der Waals surface area contributed by atoms with Gasteiger partial charge in [0.15, 0.2) is 0 Å². The highest BCUT2D eigenvalue weighted by Crippen LogP contribution is 2.14. The third kappa shape index (κ3) is 2.90. The van der Waals surface area contributed by atoms with Gasteiger partial charge < -0.3 is 10.3 Å². The quantitative estimate of drug-likeness (QED) is 0.831. The van der Waals surface area contributed by atoms with Gasteiger partial charge in [-0.1, -0.05) is 24.0 Å². The van der Waals surface area contributed by atoms with Gasteiger partial charge in [0.05, 0.1) is 13.1 Å². The second kappa shape index (κ2) is 5.91. The molecule has 3 rings (SSSR count). The first kappa shape index (κ1) is 12.9. The lowest BCUT2D eigenvalue weighted by Crippen LogP contribution is -2.33. The Bertz CT molecular complexity index is 648. The maximum Gasteiger partial charge on any atom is 0.122 e. The first-order valence-corrected chi connectivity index (χ1v) is 6.85. The van der Waals surface area contributed by atoms with Crippen LogP contribution >= 0.6 is 0 Å². The third-order valence-corrected chi connectivity index (χ3v) is 3.49. The summed E-state index contributed by atoms with van der Waals surface area (Å²) in [5.74, 6) is 7.13. The molecule has 0 saturated heterocycles. The van der Waals surface area contributed by atoms with E-state index in [-0.39, 0.29) is 0 Å². The van der Waals surface area contributed by atoms with E-state index in [0.717, 1.165) is 37.6 Å². The highest BCUT2D eigenvalue weighted by Gasteiger charge is 2.16. The molecule has 0 radical (unpaired) electrons. The molecular formula is C16H18N4. The van der Waals surface area contributed by atoms with Crippen LogP contribution in [0, 0.1) is 11.8 Å². The van der Waals surface area contributed by atoms with Gasteiger partial charge in [-0.2, -0.15) is 0 Å². The van der Waals surface area contributed by atoms with Crippen molar-refractivity contribution in [2.24, 2.45) is 5.73 Å². The summed E-state index contributed by atoms with van der Waals surface area (Å²) in [4.78, 5) is 6.81. The number of nitrogens with zero attached hydrogens (tertiary/aromatic N) is 3. The van der Waals surface area contributed by atoms with E-state index in [9.17, 15) is 0 Å². The Hall–Kier alpha value is -2.09. The van der Waals surface area contributed by atoms with Crippen molar-refractivity contribution in [3.8, 4) is 11.8 Å². The Morgan fingerprint density at radius 1 is 1.30 bits per heavy atom. The number of rotatable bonds is 2. The van der Waals surface area contributed by atoms with Gasteiger partial charge in [0.2, 0.25) is 0 Å². The summed E-state index contributed by atoms with van der Waals surface area (Å²) < 4.78 is 2.22. The molecule has 20 heavy (non-hydrogen) atoms. The summed E-state index contributed by atoms with van der Waals surface area (Å²) >= 11 is 0. The molecule has 4 heteroatoms. The van der Waals surface area contributed by atoms with E-state index in [4.69, 9.17) is 5.73 Å². The van der Waals surface area contributed by atoms with Crippen LogP contribution in [0.3, 0.4) is 0 Å². The Morgan fingerprint density at radius 2 is 2.25 bits per heavy atom. The lowest BCUT2D eigenvalue weighted by atomic mass is 10.1. The van der Waals surface area contributed by atoms with Crippen LogP contribution in [0.5, 0.6) is 0 Å². The van der Waals surface area contributed by atoms with E-state index in [1.54, 1.807) is 0 Å². The zero-order chi connectivity index (χ0) is 13.8. The fourth-order valence-electron chi connectivity index (χ4n) is 2.52. The lowest BCUT2D eigenvalue weighted by Gasteiger charge is -2.27. The van der Waals surface area contributed by atoms with Crippen LogP contribution in [0.1, 0.15) is 17.0 Å². The van der Waals surface area contributed by atoms with E-state index in [0.29, 0.717) is 6.54 Å². The molecule has 0 spiro atoms. The number of hydrogen-bond acceptors (Lipinski definition) is 3. The number of imidazole rings is 1. The van der Waals surface area contributed by atoms with Crippen LogP contribution < -0.4 is 5.73 Å². The fraction of sp³-hybridized carbons (Fsp3) is 0.312. The molecule has 4 nitrogen and oxygen atoms in total. The standard InChI is InChI=1S/C16H18N4/c17-6-2-5-14-3-1-4-15(11-14)12-19-9-10-20-8-7-18-16(20)13-19/h1,3-4,7-8,11H,6,9-10,12-13,17H2. The molecule has 0 aliphatic carbocycles. The van der Waals surface area contributed by atoms with Gasteiger partial charge in [0.25, 0.3) is 0 Å². The predicted molar refractivity (Wildman–Crippen MR) is 78.7 cm³/mol. The van der Waals surface area contributed by atoms with Gasteiger partial charge in [-0.25, -0.2) is 4.98 Å². The van der Waals surface area contributed by atoms with Crippen molar-refractivity contribution in [2.75, 3.05) is 13.1 Å². The topological polar surface area (TPSA) is 47.1 Å². The molecule has 0 amide bonds. The molecule has 1 aliphatic heterocycles. The molecule has 1 aromatic heterocycles. The minimum atomic E-state index is 0.402. The zero-order valence-corrected chi connectivity index (χ0v) is 11.4. The summed E-state index contributed by atoms with van der Waals surface area (Å²) in [6, 6.07) is 8.37. The van der Waals surface area contributed by atoms with Crippen LogP contribution in [-0.2, 0) is 19.6 Å². The minimum absolute atomic E-state index is 0.402. The first-order valence-electron chi connectivity index (χ1n) is 6.85. The predicted octanol–water partition coefficient (Wildman–Crippen LogP) is 1.21. The maximum absolute atomic E-state index is 5.41. The highest BCUT2D eigenvalue weighted by molar-refractivity contribution is 5.37. The molecule has 0 bridgehead atoms. The van der Waals surface area contributed by atoms with Crippen molar-refractivity contribution in [1.82, 2.24) is 14.5 Å². The summed E-state index contributed by atoms with van der Waals surface area (Å²) in [7, 11) is 0. The monoisotopic (exact) mass is 266 g/mol. The molecule has 1 aromatic carbocycles. The maximum atomic E-state index is 5.41. The molecule has 1 aliphatic rings. The Balaban J connectivity index is 1.69. The SMILES string of the molecule is NCC#Cc1cccc(CN2CCn3ccnc3C2)c1. The molecule has 2 aromatic rings. The average molecular weight is 266 g/mol. The number of aromatic nitrogens is 2. The molecule has 0 saturated carbocycles. The molecular weight excluding hydrogens is 248 g/mol. The van der Waals surface area contributed by atoms with Gasteiger partial charge in [0.1, 0.15) is 5.82 Å². The summed E-state index contributed by atoms with van der Waals surface area (Å²) in [5, 5.41) is 0. The van der Waals surface area contributed by atoms with Gasteiger partial charge in [-0.15, -0.1) is 0 Å². The molecule has 102 valence electrons. The molecule has 0 unspecified atom stereocenters. The minimum Gasteiger partial charge on any atom is -0.333 e. The smallest absolute Gasteiger partial charge is 0.122 e. The van der Waals surface area contributed by atoms with Crippen molar-refractivity contribution >= 4 is 0 Å². The van der Waals surface area contributed by atoms with Gasteiger partial charge >= 0.3 is 0 Å². The average Bonchev–Trinajstić information content (AvgIpc) is 2.93. The number of nitrogens with two attached hydrogens (primary N) is 1. The van der Waals surface area contributed by atoms with E-state index in [1.807, 2.05) is 12.3 Å². The fourth-order valence-corrected chi connectivity index (χ4v) is 2.52. The Morgan fingerprint density at radius 3 is 3.15 bits per heavy atom. The van der Waals surface area contributed by atoms with Crippen molar-refractivity contribution in [1.29, 1.82) is 0 Å². The van der Waals surface area contributed by atoms with Gasteiger partial charge in [-0.05, 0) is 17.7 Å². The van der Waals surface area contributed by atoms with E-state index in [1.165, 1.54) is 5.56 Å². The van der Waals surface area contributed by atoms with Crippen molar-refractivity contribution in [3.05, 3.63) is 53.6 Å². The van der Waals surface area contributed by atoms with E-state index < -0.39 is 0 Å². The van der Waals surface area contributed by atoms with Crippen LogP contribution in [0.4, 0.5) is 0 Å². The second-order valence-corrected chi connectivity index (χ2v) is 4.95. The lowest BCUT2D eigenvalue weighted by molar-refractivity contribution is 0.209.